The number of carbonyl (C=O) groups excluding carboxylic acids is 1. The van der Waals surface area contributed by atoms with Crippen LogP contribution < -0.4 is 11.1 Å². The maximum absolute atomic E-state index is 12.2. The molecule has 2 fully saturated rings. The fraction of sp³-hybridized carbons (Fsp3) is 0.944. The second kappa shape index (κ2) is 8.77. The summed E-state index contributed by atoms with van der Waals surface area (Å²) in [6.07, 6.45) is 14.2. The molecule has 0 heterocycles. The number of nitrogens with one attached hydrogen (secondary N) is 1. The summed E-state index contributed by atoms with van der Waals surface area (Å²) in [5, 5.41) is 3.32. The minimum Gasteiger partial charge on any atom is -0.353 e. The molecular weight excluding hydrogens is 260 g/mol. The molecule has 1 unspecified atom stereocenters. The number of hydrogen-bond donors (Lipinski definition) is 2. The zero-order valence-electron chi connectivity index (χ0n) is 13.8. The van der Waals surface area contributed by atoms with Crippen LogP contribution in [0.5, 0.6) is 0 Å². The van der Waals surface area contributed by atoms with E-state index >= 15 is 0 Å². The molecule has 0 saturated heterocycles. The molecule has 2 aliphatic carbocycles. The number of amides is 1. The SMILES string of the molecule is CCC(NC(=O)CCC1CCC(N)CC1)C1CCCCC1. The van der Waals surface area contributed by atoms with Crippen molar-refractivity contribution in [3.8, 4) is 0 Å². The molecule has 3 nitrogen and oxygen atoms in total. The Balaban J connectivity index is 1.67. The summed E-state index contributed by atoms with van der Waals surface area (Å²) < 4.78 is 0. The monoisotopic (exact) mass is 294 g/mol. The van der Waals surface area contributed by atoms with Gasteiger partial charge in [-0.05, 0) is 63.2 Å². The Morgan fingerprint density at radius 1 is 1.10 bits per heavy atom. The molecule has 1 amide bonds. The van der Waals surface area contributed by atoms with Crippen LogP contribution in [0.1, 0.15) is 84.0 Å². The third-order valence-electron chi connectivity index (χ3n) is 5.68. The molecule has 0 aromatic carbocycles. The van der Waals surface area contributed by atoms with Crippen molar-refractivity contribution < 1.29 is 4.79 Å². The third kappa shape index (κ3) is 5.61. The lowest BCUT2D eigenvalue weighted by molar-refractivity contribution is -0.122. The first-order chi connectivity index (χ1) is 10.2. The molecule has 0 spiro atoms. The maximum atomic E-state index is 12.2. The maximum Gasteiger partial charge on any atom is 0.220 e. The van der Waals surface area contributed by atoms with Gasteiger partial charge in [0.1, 0.15) is 0 Å². The van der Waals surface area contributed by atoms with E-state index in [1.54, 1.807) is 0 Å². The van der Waals surface area contributed by atoms with Gasteiger partial charge in [-0.1, -0.05) is 26.2 Å². The highest BCUT2D eigenvalue weighted by atomic mass is 16.1. The van der Waals surface area contributed by atoms with Crippen molar-refractivity contribution in [1.29, 1.82) is 0 Å². The van der Waals surface area contributed by atoms with E-state index in [4.69, 9.17) is 5.73 Å². The average molecular weight is 294 g/mol. The van der Waals surface area contributed by atoms with Crippen molar-refractivity contribution in [3.63, 3.8) is 0 Å². The summed E-state index contributed by atoms with van der Waals surface area (Å²) in [4.78, 5) is 12.2. The molecular formula is C18H34N2O. The highest BCUT2D eigenvalue weighted by Crippen LogP contribution is 2.29. The van der Waals surface area contributed by atoms with Gasteiger partial charge in [0.15, 0.2) is 0 Å². The predicted molar refractivity (Wildman–Crippen MR) is 88.0 cm³/mol. The first kappa shape index (κ1) is 16.8. The molecule has 2 aliphatic rings. The third-order valence-corrected chi connectivity index (χ3v) is 5.68. The fourth-order valence-electron chi connectivity index (χ4n) is 4.18. The number of nitrogens with two attached hydrogens (primary N) is 1. The minimum atomic E-state index is 0.280. The Morgan fingerprint density at radius 3 is 2.38 bits per heavy atom. The van der Waals surface area contributed by atoms with E-state index in [0.717, 1.165) is 37.5 Å². The van der Waals surface area contributed by atoms with E-state index in [0.29, 0.717) is 18.5 Å². The lowest BCUT2D eigenvalue weighted by atomic mass is 9.82. The number of carbonyl (C=O) groups is 1. The first-order valence-corrected chi connectivity index (χ1v) is 9.24. The molecule has 0 aromatic heterocycles. The average Bonchev–Trinajstić information content (AvgIpc) is 2.53. The van der Waals surface area contributed by atoms with Crippen LogP contribution in [0.2, 0.25) is 0 Å². The van der Waals surface area contributed by atoms with Crippen LogP contribution >= 0.6 is 0 Å². The summed E-state index contributed by atoms with van der Waals surface area (Å²) in [5.74, 6) is 1.73. The zero-order chi connectivity index (χ0) is 15.1. The quantitative estimate of drug-likeness (QED) is 0.783. The van der Waals surface area contributed by atoms with Gasteiger partial charge in [-0.15, -0.1) is 0 Å². The van der Waals surface area contributed by atoms with Crippen LogP contribution in [-0.4, -0.2) is 18.0 Å². The summed E-state index contributed by atoms with van der Waals surface area (Å²) in [5.41, 5.74) is 5.94. The highest BCUT2D eigenvalue weighted by molar-refractivity contribution is 5.76. The second-order valence-corrected chi connectivity index (χ2v) is 7.30. The molecule has 0 aliphatic heterocycles. The van der Waals surface area contributed by atoms with E-state index in [1.807, 2.05) is 0 Å². The van der Waals surface area contributed by atoms with E-state index in [-0.39, 0.29) is 5.91 Å². The zero-order valence-corrected chi connectivity index (χ0v) is 13.8. The van der Waals surface area contributed by atoms with Crippen molar-refractivity contribution in [2.24, 2.45) is 17.6 Å². The van der Waals surface area contributed by atoms with Gasteiger partial charge in [-0.3, -0.25) is 4.79 Å². The Labute approximate surface area is 130 Å². The minimum absolute atomic E-state index is 0.280. The van der Waals surface area contributed by atoms with E-state index in [1.165, 1.54) is 44.9 Å². The molecule has 0 radical (unpaired) electrons. The molecule has 122 valence electrons. The molecule has 2 rings (SSSR count). The van der Waals surface area contributed by atoms with Crippen molar-refractivity contribution in [2.75, 3.05) is 0 Å². The van der Waals surface area contributed by atoms with Crippen molar-refractivity contribution in [3.05, 3.63) is 0 Å². The van der Waals surface area contributed by atoms with Crippen molar-refractivity contribution in [1.82, 2.24) is 5.32 Å². The van der Waals surface area contributed by atoms with Crippen LogP contribution in [0.15, 0.2) is 0 Å². The van der Waals surface area contributed by atoms with E-state index in [9.17, 15) is 4.79 Å². The van der Waals surface area contributed by atoms with E-state index in [2.05, 4.69) is 12.2 Å². The van der Waals surface area contributed by atoms with Gasteiger partial charge < -0.3 is 11.1 Å². The topological polar surface area (TPSA) is 55.1 Å². The molecule has 2 saturated carbocycles. The van der Waals surface area contributed by atoms with Crippen molar-refractivity contribution >= 4 is 5.91 Å². The summed E-state index contributed by atoms with van der Waals surface area (Å²) >= 11 is 0. The Hall–Kier alpha value is -0.570. The van der Waals surface area contributed by atoms with Crippen LogP contribution in [0, 0.1) is 11.8 Å². The van der Waals surface area contributed by atoms with Crippen LogP contribution in [0.3, 0.4) is 0 Å². The summed E-state index contributed by atoms with van der Waals surface area (Å²) in [6, 6.07) is 0.823. The summed E-state index contributed by atoms with van der Waals surface area (Å²) in [6.45, 7) is 2.21. The smallest absolute Gasteiger partial charge is 0.220 e. The van der Waals surface area contributed by atoms with Crippen LogP contribution in [0.4, 0.5) is 0 Å². The lowest BCUT2D eigenvalue weighted by Gasteiger charge is -2.30. The van der Waals surface area contributed by atoms with Gasteiger partial charge in [-0.25, -0.2) is 0 Å². The molecule has 21 heavy (non-hydrogen) atoms. The van der Waals surface area contributed by atoms with Gasteiger partial charge in [-0.2, -0.15) is 0 Å². The lowest BCUT2D eigenvalue weighted by Crippen LogP contribution is -2.40. The van der Waals surface area contributed by atoms with Crippen LogP contribution in [0.25, 0.3) is 0 Å². The Bertz CT molecular complexity index is 304. The van der Waals surface area contributed by atoms with Crippen molar-refractivity contribution in [2.45, 2.75) is 96.1 Å². The standard InChI is InChI=1S/C18H34N2O/c1-2-17(15-6-4-3-5-7-15)20-18(21)13-10-14-8-11-16(19)12-9-14/h14-17H,2-13,19H2,1H3,(H,20,21). The molecule has 3 N–H and O–H groups in total. The summed E-state index contributed by atoms with van der Waals surface area (Å²) in [7, 11) is 0. The number of hydrogen-bond acceptors (Lipinski definition) is 2. The van der Waals surface area contributed by atoms with Gasteiger partial charge in [0.05, 0.1) is 0 Å². The van der Waals surface area contributed by atoms with Gasteiger partial charge in [0, 0.05) is 18.5 Å². The first-order valence-electron chi connectivity index (χ1n) is 9.24. The Kier molecular flexibility index (Phi) is 7.01. The van der Waals surface area contributed by atoms with Gasteiger partial charge in [0.25, 0.3) is 0 Å². The molecule has 0 aromatic rings. The predicted octanol–water partition coefficient (Wildman–Crippen LogP) is 3.76. The molecule has 3 heteroatoms. The van der Waals surface area contributed by atoms with Gasteiger partial charge in [0.2, 0.25) is 5.91 Å². The molecule has 1 atom stereocenters. The normalized spacial score (nSPS) is 29.0. The van der Waals surface area contributed by atoms with Crippen LogP contribution in [-0.2, 0) is 4.79 Å². The second-order valence-electron chi connectivity index (χ2n) is 7.30. The molecule has 0 bridgehead atoms. The van der Waals surface area contributed by atoms with Gasteiger partial charge >= 0.3 is 0 Å². The van der Waals surface area contributed by atoms with E-state index < -0.39 is 0 Å². The number of rotatable bonds is 6. The largest absolute Gasteiger partial charge is 0.353 e. The highest BCUT2D eigenvalue weighted by Gasteiger charge is 2.24. The fourth-order valence-corrected chi connectivity index (χ4v) is 4.18. The Morgan fingerprint density at radius 2 is 1.76 bits per heavy atom.